The maximum atomic E-state index is 6.33. The molecule has 0 aliphatic heterocycles. The molecule has 1 aliphatic carbocycles. The minimum atomic E-state index is 0.415. The van der Waals surface area contributed by atoms with E-state index in [-0.39, 0.29) is 0 Å². The van der Waals surface area contributed by atoms with E-state index in [4.69, 9.17) is 23.2 Å². The molecular weight excluding hydrogens is 289 g/mol. The molecule has 0 radical (unpaired) electrons. The summed E-state index contributed by atoms with van der Waals surface area (Å²) in [6.45, 7) is 7.97. The molecule has 0 heterocycles. The number of likely N-dealkylation sites (N-methyl/N-ethyl adjacent to an activating group) is 1. The molecule has 0 aromatic heterocycles. The Morgan fingerprint density at radius 3 is 2.70 bits per heavy atom. The standard InChI is InChI=1S/C17H25Cl2N/c1-4-20-16(14-6-5-9-17(14,2)3)11-12-10-13(18)7-8-15(12)19/h7-8,10,14,16,20H,4-6,9,11H2,1-3H3. The molecule has 0 bridgehead atoms. The molecule has 1 aromatic rings. The molecular formula is C17H25Cl2N. The van der Waals surface area contributed by atoms with Gasteiger partial charge in [-0.25, -0.2) is 0 Å². The minimum absolute atomic E-state index is 0.415. The van der Waals surface area contributed by atoms with E-state index < -0.39 is 0 Å². The lowest BCUT2D eigenvalue weighted by atomic mass is 9.76. The third kappa shape index (κ3) is 3.69. The van der Waals surface area contributed by atoms with Gasteiger partial charge in [-0.2, -0.15) is 0 Å². The van der Waals surface area contributed by atoms with Crippen LogP contribution in [0.5, 0.6) is 0 Å². The van der Waals surface area contributed by atoms with E-state index >= 15 is 0 Å². The lowest BCUT2D eigenvalue weighted by molar-refractivity contribution is 0.197. The predicted octanol–water partition coefficient (Wildman–Crippen LogP) is 5.34. The predicted molar refractivity (Wildman–Crippen MR) is 88.8 cm³/mol. The lowest BCUT2D eigenvalue weighted by Crippen LogP contribution is -2.42. The van der Waals surface area contributed by atoms with Gasteiger partial charge in [-0.1, -0.05) is 50.4 Å². The van der Waals surface area contributed by atoms with E-state index in [1.807, 2.05) is 18.2 Å². The quantitative estimate of drug-likeness (QED) is 0.773. The summed E-state index contributed by atoms with van der Waals surface area (Å²) in [5.41, 5.74) is 1.57. The molecule has 0 amide bonds. The normalized spacial score (nSPS) is 22.9. The molecule has 0 spiro atoms. The summed E-state index contributed by atoms with van der Waals surface area (Å²) >= 11 is 12.4. The Hall–Kier alpha value is -0.240. The van der Waals surface area contributed by atoms with Crippen LogP contribution in [0.3, 0.4) is 0 Å². The number of benzene rings is 1. The Morgan fingerprint density at radius 2 is 2.10 bits per heavy atom. The second-order valence-corrected chi connectivity index (χ2v) is 7.43. The smallest absolute Gasteiger partial charge is 0.0439 e. The highest BCUT2D eigenvalue weighted by atomic mass is 35.5. The number of nitrogens with one attached hydrogen (secondary N) is 1. The van der Waals surface area contributed by atoms with Crippen LogP contribution < -0.4 is 5.32 Å². The fourth-order valence-corrected chi connectivity index (χ4v) is 4.04. The number of hydrogen-bond donors (Lipinski definition) is 1. The summed E-state index contributed by atoms with van der Waals surface area (Å²) in [6.07, 6.45) is 4.93. The topological polar surface area (TPSA) is 12.0 Å². The van der Waals surface area contributed by atoms with E-state index in [0.29, 0.717) is 17.4 Å². The summed E-state index contributed by atoms with van der Waals surface area (Å²) in [5.74, 6) is 0.706. The van der Waals surface area contributed by atoms with Crippen LogP contribution in [0.25, 0.3) is 0 Å². The molecule has 112 valence electrons. The van der Waals surface area contributed by atoms with Crippen LogP contribution >= 0.6 is 23.2 Å². The summed E-state index contributed by atoms with van der Waals surface area (Å²) in [7, 11) is 0. The summed E-state index contributed by atoms with van der Waals surface area (Å²) in [5, 5.41) is 5.27. The van der Waals surface area contributed by atoms with Gasteiger partial charge in [0.2, 0.25) is 0 Å². The van der Waals surface area contributed by atoms with Crippen LogP contribution in [0.4, 0.5) is 0 Å². The van der Waals surface area contributed by atoms with Crippen LogP contribution in [0.2, 0.25) is 10.0 Å². The van der Waals surface area contributed by atoms with Gasteiger partial charge in [-0.05, 0) is 60.9 Å². The first kappa shape index (κ1) is 16.1. The molecule has 1 N–H and O–H groups in total. The lowest BCUT2D eigenvalue weighted by Gasteiger charge is -2.35. The van der Waals surface area contributed by atoms with Crippen molar-refractivity contribution < 1.29 is 0 Å². The Balaban J connectivity index is 2.19. The molecule has 1 saturated carbocycles. The van der Waals surface area contributed by atoms with Crippen LogP contribution in [-0.2, 0) is 6.42 Å². The first-order chi connectivity index (χ1) is 9.44. The Kier molecular flexibility index (Phi) is 5.39. The number of rotatable bonds is 5. The van der Waals surface area contributed by atoms with Gasteiger partial charge in [-0.3, -0.25) is 0 Å². The van der Waals surface area contributed by atoms with E-state index in [2.05, 4.69) is 26.1 Å². The molecule has 2 unspecified atom stereocenters. The first-order valence-corrected chi connectivity index (χ1v) is 8.37. The van der Waals surface area contributed by atoms with Crippen LogP contribution in [0, 0.1) is 11.3 Å². The van der Waals surface area contributed by atoms with Gasteiger partial charge in [-0.15, -0.1) is 0 Å². The van der Waals surface area contributed by atoms with Gasteiger partial charge in [0.25, 0.3) is 0 Å². The SMILES string of the molecule is CCNC(Cc1cc(Cl)ccc1Cl)C1CCCC1(C)C. The third-order valence-corrected chi connectivity index (χ3v) is 5.34. The summed E-state index contributed by atoms with van der Waals surface area (Å²) in [4.78, 5) is 0. The van der Waals surface area contributed by atoms with Gasteiger partial charge < -0.3 is 5.32 Å². The zero-order chi connectivity index (χ0) is 14.8. The molecule has 1 aromatic carbocycles. The average molecular weight is 314 g/mol. The minimum Gasteiger partial charge on any atom is -0.314 e. The van der Waals surface area contributed by atoms with Crippen molar-refractivity contribution in [2.24, 2.45) is 11.3 Å². The number of halogens is 2. The molecule has 0 saturated heterocycles. The Bertz CT molecular complexity index is 456. The summed E-state index contributed by atoms with van der Waals surface area (Å²) in [6, 6.07) is 6.25. The molecule has 3 heteroatoms. The van der Waals surface area contributed by atoms with Crippen LogP contribution in [0.1, 0.15) is 45.6 Å². The molecule has 2 rings (SSSR count). The van der Waals surface area contributed by atoms with Crippen molar-refractivity contribution in [3.05, 3.63) is 33.8 Å². The van der Waals surface area contributed by atoms with Crippen molar-refractivity contribution >= 4 is 23.2 Å². The monoisotopic (exact) mass is 313 g/mol. The van der Waals surface area contributed by atoms with Crippen molar-refractivity contribution in [3.63, 3.8) is 0 Å². The van der Waals surface area contributed by atoms with Gasteiger partial charge in [0.1, 0.15) is 0 Å². The highest BCUT2D eigenvalue weighted by Crippen LogP contribution is 2.45. The van der Waals surface area contributed by atoms with E-state index in [9.17, 15) is 0 Å². The average Bonchev–Trinajstić information content (AvgIpc) is 2.73. The maximum Gasteiger partial charge on any atom is 0.0439 e. The van der Waals surface area contributed by atoms with E-state index in [1.165, 1.54) is 19.3 Å². The molecule has 1 aliphatic rings. The summed E-state index contributed by atoms with van der Waals surface area (Å²) < 4.78 is 0. The van der Waals surface area contributed by atoms with Gasteiger partial charge >= 0.3 is 0 Å². The molecule has 2 atom stereocenters. The van der Waals surface area contributed by atoms with E-state index in [0.717, 1.165) is 28.6 Å². The fourth-order valence-electron chi connectivity index (χ4n) is 3.66. The first-order valence-electron chi connectivity index (χ1n) is 7.61. The van der Waals surface area contributed by atoms with Gasteiger partial charge in [0.15, 0.2) is 0 Å². The zero-order valence-corrected chi connectivity index (χ0v) is 14.2. The van der Waals surface area contributed by atoms with Gasteiger partial charge in [0, 0.05) is 16.1 Å². The third-order valence-electron chi connectivity index (χ3n) is 4.74. The van der Waals surface area contributed by atoms with Crippen LogP contribution in [-0.4, -0.2) is 12.6 Å². The number of hydrogen-bond acceptors (Lipinski definition) is 1. The van der Waals surface area contributed by atoms with Crippen molar-refractivity contribution in [2.45, 2.75) is 52.5 Å². The zero-order valence-electron chi connectivity index (χ0n) is 12.7. The molecule has 1 nitrogen and oxygen atoms in total. The van der Waals surface area contributed by atoms with Crippen molar-refractivity contribution in [1.82, 2.24) is 5.32 Å². The Morgan fingerprint density at radius 1 is 1.35 bits per heavy atom. The van der Waals surface area contributed by atoms with E-state index in [1.54, 1.807) is 0 Å². The van der Waals surface area contributed by atoms with Crippen LogP contribution in [0.15, 0.2) is 18.2 Å². The van der Waals surface area contributed by atoms with Crippen molar-refractivity contribution in [2.75, 3.05) is 6.54 Å². The fraction of sp³-hybridized carbons (Fsp3) is 0.647. The van der Waals surface area contributed by atoms with Crippen molar-refractivity contribution in [3.8, 4) is 0 Å². The Labute approximate surface area is 133 Å². The second kappa shape index (κ2) is 6.68. The van der Waals surface area contributed by atoms with Gasteiger partial charge in [0.05, 0.1) is 0 Å². The van der Waals surface area contributed by atoms with Crippen molar-refractivity contribution in [1.29, 1.82) is 0 Å². The second-order valence-electron chi connectivity index (χ2n) is 6.59. The maximum absolute atomic E-state index is 6.33. The highest BCUT2D eigenvalue weighted by molar-refractivity contribution is 6.33. The highest BCUT2D eigenvalue weighted by Gasteiger charge is 2.39. The largest absolute Gasteiger partial charge is 0.314 e. The molecule has 1 fully saturated rings. The molecule has 20 heavy (non-hydrogen) atoms.